The topological polar surface area (TPSA) is 80.5 Å². The average molecular weight is 288 g/mol. The van der Waals surface area contributed by atoms with Crippen molar-refractivity contribution in [3.8, 4) is 0 Å². The Balaban J connectivity index is 1.98. The molecule has 5 nitrogen and oxygen atoms in total. The fraction of sp³-hybridized carbons (Fsp3) is 0.545. The molecular formula is C11H16N2O3S2. The van der Waals surface area contributed by atoms with Crippen molar-refractivity contribution in [1.82, 2.24) is 4.90 Å². The second kappa shape index (κ2) is 5.38. The molecule has 0 saturated carbocycles. The fourth-order valence-corrected chi connectivity index (χ4v) is 3.66. The highest BCUT2D eigenvalue weighted by molar-refractivity contribution is 7.89. The summed E-state index contributed by atoms with van der Waals surface area (Å²) in [7, 11) is -3.55. The zero-order chi connectivity index (χ0) is 13.2. The van der Waals surface area contributed by atoms with Gasteiger partial charge in [-0.2, -0.15) is 11.3 Å². The Morgan fingerprint density at radius 1 is 1.56 bits per heavy atom. The van der Waals surface area contributed by atoms with E-state index in [1.165, 1.54) is 0 Å². The number of carbonyl (C=O) groups is 1. The van der Waals surface area contributed by atoms with E-state index in [1.54, 1.807) is 16.2 Å². The molecule has 1 aliphatic rings. The van der Waals surface area contributed by atoms with Gasteiger partial charge in [0.25, 0.3) is 0 Å². The maximum Gasteiger partial charge on any atom is 0.227 e. The van der Waals surface area contributed by atoms with Crippen LogP contribution in [0.3, 0.4) is 0 Å². The normalized spacial score (nSPS) is 20.9. The maximum atomic E-state index is 12.0. The summed E-state index contributed by atoms with van der Waals surface area (Å²) in [5.41, 5.74) is 0.975. The Hall–Kier alpha value is -0.920. The van der Waals surface area contributed by atoms with Gasteiger partial charge in [0, 0.05) is 13.1 Å². The van der Waals surface area contributed by atoms with Crippen LogP contribution in [0.25, 0.3) is 0 Å². The van der Waals surface area contributed by atoms with Crippen LogP contribution in [0.2, 0.25) is 0 Å². The maximum absolute atomic E-state index is 12.0. The molecule has 0 spiro atoms. The molecule has 1 atom stereocenters. The van der Waals surface area contributed by atoms with Gasteiger partial charge in [-0.1, -0.05) is 0 Å². The number of thiophene rings is 1. The Morgan fingerprint density at radius 3 is 2.94 bits per heavy atom. The summed E-state index contributed by atoms with van der Waals surface area (Å²) in [5, 5.41) is 8.38. The van der Waals surface area contributed by atoms with E-state index in [4.69, 9.17) is 5.14 Å². The molecule has 100 valence electrons. The monoisotopic (exact) mass is 288 g/mol. The minimum Gasteiger partial charge on any atom is -0.341 e. The van der Waals surface area contributed by atoms with Crippen LogP contribution in [0.4, 0.5) is 0 Å². The highest BCUT2D eigenvalue weighted by Gasteiger charge is 2.30. The number of hydrogen-bond donors (Lipinski definition) is 1. The molecule has 0 aromatic carbocycles. The van der Waals surface area contributed by atoms with E-state index in [2.05, 4.69) is 0 Å². The lowest BCUT2D eigenvalue weighted by Crippen LogP contribution is -2.47. The molecule has 18 heavy (non-hydrogen) atoms. The van der Waals surface area contributed by atoms with Gasteiger partial charge in [0.15, 0.2) is 0 Å². The van der Waals surface area contributed by atoms with E-state index in [-0.39, 0.29) is 12.5 Å². The van der Waals surface area contributed by atoms with Crippen LogP contribution in [0.1, 0.15) is 18.4 Å². The van der Waals surface area contributed by atoms with Crippen LogP contribution in [-0.2, 0) is 21.2 Å². The lowest BCUT2D eigenvalue weighted by Gasteiger charge is -2.31. The first-order valence-electron chi connectivity index (χ1n) is 5.77. The SMILES string of the molecule is NS(=O)(=O)C1CCCN(C(=O)Cc2ccsc2)C1. The van der Waals surface area contributed by atoms with Gasteiger partial charge in [-0.05, 0) is 35.2 Å². The predicted octanol–water partition coefficient (Wildman–Crippen LogP) is 0.570. The smallest absolute Gasteiger partial charge is 0.227 e. The summed E-state index contributed by atoms with van der Waals surface area (Å²) in [6.45, 7) is 0.844. The summed E-state index contributed by atoms with van der Waals surface area (Å²) in [6.07, 6.45) is 1.57. The molecule has 2 N–H and O–H groups in total. The Kier molecular flexibility index (Phi) is 4.04. The molecule has 1 saturated heterocycles. The van der Waals surface area contributed by atoms with Crippen molar-refractivity contribution in [3.63, 3.8) is 0 Å². The van der Waals surface area contributed by atoms with Crippen molar-refractivity contribution < 1.29 is 13.2 Å². The molecule has 1 aromatic heterocycles. The molecule has 2 heterocycles. The first kappa shape index (κ1) is 13.5. The Labute approximate surface area is 111 Å². The first-order chi connectivity index (χ1) is 8.47. The van der Waals surface area contributed by atoms with E-state index in [1.807, 2.05) is 16.8 Å². The van der Waals surface area contributed by atoms with Gasteiger partial charge < -0.3 is 4.90 Å². The van der Waals surface area contributed by atoms with Gasteiger partial charge in [0.1, 0.15) is 0 Å². The fourth-order valence-electron chi connectivity index (χ4n) is 2.11. The third-order valence-corrected chi connectivity index (χ3v) is 5.18. The molecule has 1 fully saturated rings. The van der Waals surface area contributed by atoms with E-state index in [0.29, 0.717) is 25.8 Å². The number of piperidine rings is 1. The summed E-state index contributed by atoms with van der Waals surface area (Å²) in [4.78, 5) is 13.6. The molecule has 7 heteroatoms. The molecule has 2 rings (SSSR count). The quantitative estimate of drug-likeness (QED) is 0.883. The molecule has 0 aliphatic carbocycles. The van der Waals surface area contributed by atoms with Crippen LogP contribution < -0.4 is 5.14 Å². The van der Waals surface area contributed by atoms with Gasteiger partial charge in [0.2, 0.25) is 15.9 Å². The molecular weight excluding hydrogens is 272 g/mol. The number of hydrogen-bond acceptors (Lipinski definition) is 4. The van der Waals surface area contributed by atoms with Crippen LogP contribution in [0.15, 0.2) is 16.8 Å². The summed E-state index contributed by atoms with van der Waals surface area (Å²) in [5.74, 6) is -0.0262. The second-order valence-corrected chi connectivity index (χ2v) is 7.13. The van der Waals surface area contributed by atoms with Crippen LogP contribution >= 0.6 is 11.3 Å². The number of amides is 1. The number of nitrogens with zero attached hydrogens (tertiary/aromatic N) is 1. The largest absolute Gasteiger partial charge is 0.341 e. The minimum atomic E-state index is -3.55. The summed E-state index contributed by atoms with van der Waals surface area (Å²) in [6, 6.07) is 1.91. The number of rotatable bonds is 3. The van der Waals surface area contributed by atoms with Gasteiger partial charge in [-0.15, -0.1) is 0 Å². The Morgan fingerprint density at radius 2 is 2.33 bits per heavy atom. The number of sulfonamides is 1. The minimum absolute atomic E-state index is 0.0262. The van der Waals surface area contributed by atoms with E-state index in [0.717, 1.165) is 5.56 Å². The third kappa shape index (κ3) is 3.30. The average Bonchev–Trinajstić information content (AvgIpc) is 2.81. The van der Waals surface area contributed by atoms with Crippen LogP contribution in [-0.4, -0.2) is 37.6 Å². The number of nitrogens with two attached hydrogens (primary N) is 1. The number of primary sulfonamides is 1. The van der Waals surface area contributed by atoms with Crippen molar-refractivity contribution in [2.24, 2.45) is 5.14 Å². The van der Waals surface area contributed by atoms with Gasteiger partial charge in [-0.3, -0.25) is 4.79 Å². The lowest BCUT2D eigenvalue weighted by atomic mass is 10.1. The first-order valence-corrected chi connectivity index (χ1v) is 8.32. The summed E-state index contributed by atoms with van der Waals surface area (Å²) >= 11 is 1.55. The number of likely N-dealkylation sites (tertiary alicyclic amines) is 1. The molecule has 0 bridgehead atoms. The van der Waals surface area contributed by atoms with Crippen molar-refractivity contribution in [2.75, 3.05) is 13.1 Å². The van der Waals surface area contributed by atoms with Crippen molar-refractivity contribution >= 4 is 27.3 Å². The molecule has 1 amide bonds. The van der Waals surface area contributed by atoms with Crippen molar-refractivity contribution in [3.05, 3.63) is 22.4 Å². The molecule has 1 aromatic rings. The zero-order valence-electron chi connectivity index (χ0n) is 9.91. The standard InChI is InChI=1S/C11H16N2O3S2/c12-18(15,16)10-2-1-4-13(7-10)11(14)6-9-3-5-17-8-9/h3,5,8,10H,1-2,4,6-7H2,(H2,12,15,16). The van der Waals surface area contributed by atoms with Gasteiger partial charge in [-0.25, -0.2) is 13.6 Å². The Bertz CT molecular complexity index is 510. The zero-order valence-corrected chi connectivity index (χ0v) is 11.5. The highest BCUT2D eigenvalue weighted by Crippen LogP contribution is 2.17. The van der Waals surface area contributed by atoms with Crippen LogP contribution in [0, 0.1) is 0 Å². The van der Waals surface area contributed by atoms with Gasteiger partial charge >= 0.3 is 0 Å². The van der Waals surface area contributed by atoms with E-state index >= 15 is 0 Å². The van der Waals surface area contributed by atoms with E-state index in [9.17, 15) is 13.2 Å². The highest BCUT2D eigenvalue weighted by atomic mass is 32.2. The molecule has 1 aliphatic heterocycles. The van der Waals surface area contributed by atoms with Crippen molar-refractivity contribution in [2.45, 2.75) is 24.5 Å². The van der Waals surface area contributed by atoms with Gasteiger partial charge in [0.05, 0.1) is 11.7 Å². The van der Waals surface area contributed by atoms with Crippen LogP contribution in [0.5, 0.6) is 0 Å². The predicted molar refractivity (Wildman–Crippen MR) is 70.7 cm³/mol. The summed E-state index contributed by atoms with van der Waals surface area (Å²) < 4.78 is 22.6. The molecule has 0 radical (unpaired) electrons. The van der Waals surface area contributed by atoms with E-state index < -0.39 is 15.3 Å². The van der Waals surface area contributed by atoms with Crippen molar-refractivity contribution in [1.29, 1.82) is 0 Å². The third-order valence-electron chi connectivity index (χ3n) is 3.13. The molecule has 1 unspecified atom stereocenters. The second-order valence-electron chi connectivity index (χ2n) is 4.50. The lowest BCUT2D eigenvalue weighted by molar-refractivity contribution is -0.131. The number of carbonyl (C=O) groups excluding carboxylic acids is 1.